The van der Waals surface area contributed by atoms with Gasteiger partial charge in [0.15, 0.2) is 0 Å². The van der Waals surface area contributed by atoms with Crippen LogP contribution in [-0.4, -0.2) is 44.8 Å². The molecule has 2 amide bonds. The van der Waals surface area contributed by atoms with Crippen LogP contribution < -0.4 is 9.62 Å². The Kier molecular flexibility index (Phi) is 9.59. The van der Waals surface area contributed by atoms with Crippen molar-refractivity contribution >= 4 is 50.7 Å². The molecule has 0 saturated carbocycles. The number of anilines is 1. The molecule has 0 bridgehead atoms. The van der Waals surface area contributed by atoms with Crippen LogP contribution in [0.4, 0.5) is 5.69 Å². The maximum Gasteiger partial charge on any atom is 0.264 e. The minimum absolute atomic E-state index is 0.0114. The fraction of sp³-hybridized carbons (Fsp3) is 0.259. The number of aryl methyl sites for hydroxylation is 1. The van der Waals surface area contributed by atoms with Crippen molar-refractivity contribution in [3.63, 3.8) is 0 Å². The normalized spacial score (nSPS) is 12.0. The number of halogens is 2. The zero-order valence-electron chi connectivity index (χ0n) is 20.8. The molecule has 1 N–H and O–H groups in total. The van der Waals surface area contributed by atoms with Gasteiger partial charge in [0.05, 0.1) is 15.6 Å². The van der Waals surface area contributed by atoms with Gasteiger partial charge >= 0.3 is 0 Å². The number of carbonyl (C=O) groups excluding carboxylic acids is 2. The fourth-order valence-electron chi connectivity index (χ4n) is 3.97. The summed E-state index contributed by atoms with van der Waals surface area (Å²) in [6.07, 6.45) is 0.334. The number of nitrogens with one attached hydrogen (secondary N) is 1. The van der Waals surface area contributed by atoms with Gasteiger partial charge in [0.1, 0.15) is 12.6 Å². The molecule has 0 aliphatic heterocycles. The Morgan fingerprint density at radius 1 is 0.973 bits per heavy atom. The molecule has 0 aliphatic rings. The second-order valence-electron chi connectivity index (χ2n) is 8.41. The van der Waals surface area contributed by atoms with E-state index in [-0.39, 0.29) is 33.1 Å². The van der Waals surface area contributed by atoms with Gasteiger partial charge in [-0.25, -0.2) is 8.42 Å². The number of hydrogen-bond donors (Lipinski definition) is 1. The number of amides is 2. The van der Waals surface area contributed by atoms with Gasteiger partial charge in [-0.1, -0.05) is 72.6 Å². The van der Waals surface area contributed by atoms with Gasteiger partial charge in [-0.05, 0) is 54.8 Å². The van der Waals surface area contributed by atoms with E-state index in [0.29, 0.717) is 6.42 Å². The third kappa shape index (κ3) is 6.63. The molecule has 37 heavy (non-hydrogen) atoms. The zero-order chi connectivity index (χ0) is 27.2. The number of hydrogen-bond acceptors (Lipinski definition) is 4. The zero-order valence-corrected chi connectivity index (χ0v) is 23.1. The molecule has 3 aromatic rings. The molecule has 0 heterocycles. The molecule has 0 saturated heterocycles. The van der Waals surface area contributed by atoms with Crippen molar-refractivity contribution in [3.8, 4) is 0 Å². The SMILES string of the molecule is CCC(C(=O)NC)N(Cc1ccccc1C)C(=O)CN(c1cc(Cl)ccc1Cl)S(=O)(=O)c1ccccc1. The average molecular weight is 563 g/mol. The van der Waals surface area contributed by atoms with E-state index in [1.807, 2.05) is 31.2 Å². The van der Waals surface area contributed by atoms with Crippen molar-refractivity contribution < 1.29 is 18.0 Å². The lowest BCUT2D eigenvalue weighted by Crippen LogP contribution is -2.51. The topological polar surface area (TPSA) is 86.8 Å². The van der Waals surface area contributed by atoms with Gasteiger partial charge in [0.2, 0.25) is 11.8 Å². The Morgan fingerprint density at radius 2 is 1.62 bits per heavy atom. The van der Waals surface area contributed by atoms with Crippen LogP contribution in [0.3, 0.4) is 0 Å². The third-order valence-electron chi connectivity index (χ3n) is 6.02. The Bertz CT molecular complexity index is 1370. The number of rotatable bonds is 10. The predicted molar refractivity (Wildman–Crippen MR) is 147 cm³/mol. The van der Waals surface area contributed by atoms with Crippen LogP contribution in [0.2, 0.25) is 10.0 Å². The van der Waals surface area contributed by atoms with Crippen LogP contribution in [0.5, 0.6) is 0 Å². The van der Waals surface area contributed by atoms with Gasteiger partial charge in [-0.15, -0.1) is 0 Å². The van der Waals surface area contributed by atoms with E-state index in [2.05, 4.69) is 5.32 Å². The summed E-state index contributed by atoms with van der Waals surface area (Å²) in [6.45, 7) is 3.25. The summed E-state index contributed by atoms with van der Waals surface area (Å²) in [5.41, 5.74) is 1.85. The van der Waals surface area contributed by atoms with Crippen LogP contribution in [0, 0.1) is 6.92 Å². The monoisotopic (exact) mass is 561 g/mol. The van der Waals surface area contributed by atoms with Crippen LogP contribution >= 0.6 is 23.2 Å². The number of carbonyl (C=O) groups is 2. The first kappa shape index (κ1) is 28.5. The van der Waals surface area contributed by atoms with Crippen molar-refractivity contribution in [2.75, 3.05) is 17.9 Å². The Morgan fingerprint density at radius 3 is 2.24 bits per heavy atom. The van der Waals surface area contributed by atoms with Crippen molar-refractivity contribution in [2.45, 2.75) is 37.8 Å². The molecule has 0 aliphatic carbocycles. The minimum atomic E-state index is -4.22. The first-order valence-electron chi connectivity index (χ1n) is 11.7. The Labute approximate surface area is 228 Å². The van der Waals surface area contributed by atoms with Crippen molar-refractivity contribution in [2.24, 2.45) is 0 Å². The first-order valence-corrected chi connectivity index (χ1v) is 13.9. The molecule has 7 nitrogen and oxygen atoms in total. The molecule has 1 unspecified atom stereocenters. The summed E-state index contributed by atoms with van der Waals surface area (Å²) in [4.78, 5) is 28.1. The van der Waals surface area contributed by atoms with E-state index in [4.69, 9.17) is 23.2 Å². The highest BCUT2D eigenvalue weighted by atomic mass is 35.5. The molecule has 0 spiro atoms. The quantitative estimate of drug-likeness (QED) is 0.375. The van der Waals surface area contributed by atoms with Crippen LogP contribution in [0.25, 0.3) is 0 Å². The maximum atomic E-state index is 13.9. The van der Waals surface area contributed by atoms with Crippen LogP contribution in [0.1, 0.15) is 24.5 Å². The molecule has 3 rings (SSSR count). The van der Waals surface area contributed by atoms with Crippen LogP contribution in [-0.2, 0) is 26.2 Å². The lowest BCUT2D eigenvalue weighted by Gasteiger charge is -2.33. The van der Waals surface area contributed by atoms with Crippen molar-refractivity contribution in [3.05, 3.63) is 94.0 Å². The summed E-state index contributed by atoms with van der Waals surface area (Å²) >= 11 is 12.6. The molecule has 10 heteroatoms. The molecule has 0 radical (unpaired) electrons. The summed E-state index contributed by atoms with van der Waals surface area (Å²) in [7, 11) is -2.72. The van der Waals surface area contributed by atoms with Gasteiger partial charge in [0, 0.05) is 18.6 Å². The Balaban J connectivity index is 2.11. The highest BCUT2D eigenvalue weighted by Gasteiger charge is 2.34. The molecule has 196 valence electrons. The smallest absolute Gasteiger partial charge is 0.264 e. The van der Waals surface area contributed by atoms with E-state index in [1.165, 1.54) is 42.3 Å². The van der Waals surface area contributed by atoms with E-state index in [0.717, 1.165) is 15.4 Å². The highest BCUT2D eigenvalue weighted by Crippen LogP contribution is 2.33. The average Bonchev–Trinajstić information content (AvgIpc) is 2.89. The largest absolute Gasteiger partial charge is 0.357 e. The standard InChI is InChI=1S/C27H29Cl2N3O4S/c1-4-24(27(34)30-3)31(17-20-11-9-8-10-19(20)2)26(33)18-32(25-16-21(28)14-15-23(25)29)37(35,36)22-12-6-5-7-13-22/h5-16,24H,4,17-18H2,1-3H3,(H,30,34). The summed E-state index contributed by atoms with van der Waals surface area (Å²) in [6, 6.07) is 18.9. The molecule has 0 aromatic heterocycles. The first-order chi connectivity index (χ1) is 17.6. The highest BCUT2D eigenvalue weighted by molar-refractivity contribution is 7.92. The molecular formula is C27H29Cl2N3O4S. The number of benzene rings is 3. The minimum Gasteiger partial charge on any atom is -0.357 e. The Hall–Kier alpha value is -3.07. The van der Waals surface area contributed by atoms with Crippen molar-refractivity contribution in [1.82, 2.24) is 10.2 Å². The number of nitrogens with zero attached hydrogens (tertiary/aromatic N) is 2. The summed E-state index contributed by atoms with van der Waals surface area (Å²) < 4.78 is 28.5. The van der Waals surface area contributed by atoms with Crippen LogP contribution in [0.15, 0.2) is 77.7 Å². The van der Waals surface area contributed by atoms with Gasteiger partial charge in [-0.2, -0.15) is 0 Å². The van der Waals surface area contributed by atoms with Gasteiger partial charge < -0.3 is 10.2 Å². The lowest BCUT2D eigenvalue weighted by molar-refractivity contribution is -0.140. The molecule has 1 atom stereocenters. The summed E-state index contributed by atoms with van der Waals surface area (Å²) in [5.74, 6) is -0.906. The third-order valence-corrected chi connectivity index (χ3v) is 8.35. The van der Waals surface area contributed by atoms with Gasteiger partial charge in [0.25, 0.3) is 10.0 Å². The summed E-state index contributed by atoms with van der Waals surface area (Å²) in [5, 5.41) is 2.98. The predicted octanol–water partition coefficient (Wildman–Crippen LogP) is 5.05. The molecule has 0 fully saturated rings. The van der Waals surface area contributed by atoms with Gasteiger partial charge in [-0.3, -0.25) is 13.9 Å². The fourth-order valence-corrected chi connectivity index (χ4v) is 5.85. The molecule has 3 aromatic carbocycles. The second-order valence-corrected chi connectivity index (χ2v) is 11.1. The van der Waals surface area contributed by atoms with E-state index in [9.17, 15) is 18.0 Å². The maximum absolute atomic E-state index is 13.9. The van der Waals surface area contributed by atoms with Crippen molar-refractivity contribution in [1.29, 1.82) is 0 Å². The lowest BCUT2D eigenvalue weighted by atomic mass is 10.1. The van der Waals surface area contributed by atoms with E-state index in [1.54, 1.807) is 25.1 Å². The number of likely N-dealkylation sites (N-methyl/N-ethyl adjacent to an activating group) is 1. The van der Waals surface area contributed by atoms with E-state index < -0.39 is 28.5 Å². The molecular weight excluding hydrogens is 533 g/mol. The second kappa shape index (κ2) is 12.4. The van der Waals surface area contributed by atoms with E-state index >= 15 is 0 Å². The number of sulfonamides is 1.